The molecule has 196 valence electrons. The van der Waals surface area contributed by atoms with Gasteiger partial charge in [0.05, 0.1) is 13.2 Å². The third kappa shape index (κ3) is 6.23. The zero-order valence-electron chi connectivity index (χ0n) is 22.9. The molecule has 0 aliphatic carbocycles. The van der Waals surface area contributed by atoms with Crippen molar-refractivity contribution in [1.82, 2.24) is 14.7 Å². The lowest BCUT2D eigenvalue weighted by Gasteiger charge is -2.47. The van der Waals surface area contributed by atoms with Crippen molar-refractivity contribution >= 4 is 5.91 Å². The first-order valence-electron chi connectivity index (χ1n) is 13.5. The standard InChI is InChI=1S/C32H41N3O2/c1-6-33(7-2)32(36)28-18-16-27(17-19-28)31(29-14-11-15-30(20-29)37-5)35-22-24(3)34(21-25(35)4)23-26-12-9-8-10-13-26/h8-20,24-25,31H,6-7,21-23H2,1-5H3/t24-,25+,31-/m1/s1. The number of methoxy groups -OCH3 is 1. The number of benzene rings is 3. The van der Waals surface area contributed by atoms with Crippen molar-refractivity contribution in [2.24, 2.45) is 0 Å². The molecule has 4 rings (SSSR count). The lowest BCUT2D eigenvalue weighted by atomic mass is 9.92. The van der Waals surface area contributed by atoms with Crippen molar-refractivity contribution in [3.63, 3.8) is 0 Å². The van der Waals surface area contributed by atoms with Crippen molar-refractivity contribution < 1.29 is 9.53 Å². The van der Waals surface area contributed by atoms with Gasteiger partial charge in [0.2, 0.25) is 0 Å². The molecule has 1 heterocycles. The highest BCUT2D eigenvalue weighted by Gasteiger charge is 2.35. The molecule has 1 fully saturated rings. The van der Waals surface area contributed by atoms with Gasteiger partial charge in [0.15, 0.2) is 0 Å². The van der Waals surface area contributed by atoms with E-state index in [4.69, 9.17) is 4.74 Å². The molecule has 0 N–H and O–H groups in total. The van der Waals surface area contributed by atoms with Gasteiger partial charge in [0, 0.05) is 50.4 Å². The van der Waals surface area contributed by atoms with Crippen molar-refractivity contribution in [3.8, 4) is 5.75 Å². The van der Waals surface area contributed by atoms with Crippen LogP contribution in [0, 0.1) is 0 Å². The fraction of sp³-hybridized carbons (Fsp3) is 0.406. The molecule has 3 aromatic rings. The van der Waals surface area contributed by atoms with Gasteiger partial charge in [-0.15, -0.1) is 0 Å². The molecule has 0 spiro atoms. The van der Waals surface area contributed by atoms with Crippen LogP contribution in [0.1, 0.15) is 60.8 Å². The molecule has 5 heteroatoms. The first-order valence-corrected chi connectivity index (χ1v) is 13.5. The van der Waals surface area contributed by atoms with E-state index in [0.717, 1.165) is 30.9 Å². The van der Waals surface area contributed by atoms with E-state index in [1.165, 1.54) is 16.7 Å². The lowest BCUT2D eigenvalue weighted by molar-refractivity contribution is 0.0195. The summed E-state index contributed by atoms with van der Waals surface area (Å²) in [5.41, 5.74) is 4.50. The van der Waals surface area contributed by atoms with E-state index < -0.39 is 0 Å². The predicted molar refractivity (Wildman–Crippen MR) is 151 cm³/mol. The van der Waals surface area contributed by atoms with Gasteiger partial charge in [-0.25, -0.2) is 0 Å². The smallest absolute Gasteiger partial charge is 0.253 e. The molecule has 0 bridgehead atoms. The molecule has 0 saturated carbocycles. The molecule has 1 saturated heterocycles. The highest BCUT2D eigenvalue weighted by molar-refractivity contribution is 5.94. The molecule has 5 nitrogen and oxygen atoms in total. The van der Waals surface area contributed by atoms with Crippen LogP contribution in [-0.2, 0) is 6.54 Å². The van der Waals surface area contributed by atoms with E-state index >= 15 is 0 Å². The van der Waals surface area contributed by atoms with Crippen LogP contribution in [0.15, 0.2) is 78.9 Å². The summed E-state index contributed by atoms with van der Waals surface area (Å²) >= 11 is 0. The number of hydrogen-bond donors (Lipinski definition) is 0. The second-order valence-electron chi connectivity index (χ2n) is 10.1. The van der Waals surface area contributed by atoms with Gasteiger partial charge in [-0.2, -0.15) is 0 Å². The summed E-state index contributed by atoms with van der Waals surface area (Å²) in [5.74, 6) is 0.949. The summed E-state index contributed by atoms with van der Waals surface area (Å²) in [4.78, 5) is 20.0. The number of hydrogen-bond acceptors (Lipinski definition) is 4. The van der Waals surface area contributed by atoms with Crippen LogP contribution in [0.3, 0.4) is 0 Å². The first kappa shape index (κ1) is 26.9. The Hall–Kier alpha value is -3.15. The number of carbonyl (C=O) groups is 1. The minimum Gasteiger partial charge on any atom is -0.497 e. The Labute approximate surface area is 222 Å². The zero-order chi connectivity index (χ0) is 26.4. The Morgan fingerprint density at radius 1 is 0.892 bits per heavy atom. The quantitative estimate of drug-likeness (QED) is 0.369. The highest BCUT2D eigenvalue weighted by atomic mass is 16.5. The SMILES string of the molecule is CCN(CC)C(=O)c1ccc([C@H](c2cccc(OC)c2)N2C[C@@H](C)N(Cc3ccccc3)C[C@@H]2C)cc1. The van der Waals surface area contributed by atoms with Crippen LogP contribution in [0.4, 0.5) is 0 Å². The van der Waals surface area contributed by atoms with Gasteiger partial charge in [-0.1, -0.05) is 54.6 Å². The van der Waals surface area contributed by atoms with E-state index in [2.05, 4.69) is 84.3 Å². The minimum absolute atomic E-state index is 0.0732. The molecular formula is C32H41N3O2. The van der Waals surface area contributed by atoms with Crippen LogP contribution < -0.4 is 4.74 Å². The average molecular weight is 500 g/mol. The van der Waals surface area contributed by atoms with E-state index in [0.29, 0.717) is 25.2 Å². The van der Waals surface area contributed by atoms with Crippen LogP contribution >= 0.6 is 0 Å². The average Bonchev–Trinajstić information content (AvgIpc) is 2.93. The third-order valence-electron chi connectivity index (χ3n) is 7.66. The van der Waals surface area contributed by atoms with Crippen molar-refractivity contribution in [3.05, 3.63) is 101 Å². The number of amides is 1. The summed E-state index contributed by atoms with van der Waals surface area (Å²) < 4.78 is 5.58. The number of ether oxygens (including phenoxy) is 1. The third-order valence-corrected chi connectivity index (χ3v) is 7.66. The zero-order valence-corrected chi connectivity index (χ0v) is 22.9. The topological polar surface area (TPSA) is 36.0 Å². The van der Waals surface area contributed by atoms with Crippen LogP contribution in [0.2, 0.25) is 0 Å². The largest absolute Gasteiger partial charge is 0.497 e. The van der Waals surface area contributed by atoms with Gasteiger partial charge in [-0.05, 0) is 68.7 Å². The van der Waals surface area contributed by atoms with Crippen LogP contribution in [-0.4, -0.2) is 66.0 Å². The first-order chi connectivity index (χ1) is 17.9. The molecule has 1 amide bonds. The highest BCUT2D eigenvalue weighted by Crippen LogP contribution is 2.35. The number of nitrogens with zero attached hydrogens (tertiary/aromatic N) is 3. The maximum Gasteiger partial charge on any atom is 0.253 e. The van der Waals surface area contributed by atoms with E-state index in [1.54, 1.807) is 7.11 Å². The second kappa shape index (κ2) is 12.4. The molecule has 3 aromatic carbocycles. The molecule has 1 aliphatic rings. The Morgan fingerprint density at radius 3 is 2.24 bits per heavy atom. The lowest BCUT2D eigenvalue weighted by Crippen LogP contribution is -2.56. The van der Waals surface area contributed by atoms with Gasteiger partial charge < -0.3 is 9.64 Å². The molecule has 0 radical (unpaired) electrons. The van der Waals surface area contributed by atoms with E-state index in [9.17, 15) is 4.79 Å². The maximum absolute atomic E-state index is 12.9. The molecule has 1 aliphatic heterocycles. The Morgan fingerprint density at radius 2 is 1.59 bits per heavy atom. The fourth-order valence-corrected chi connectivity index (χ4v) is 5.51. The summed E-state index contributed by atoms with van der Waals surface area (Å²) in [6.07, 6.45) is 0. The fourth-order valence-electron chi connectivity index (χ4n) is 5.51. The van der Waals surface area contributed by atoms with Crippen molar-refractivity contribution in [2.75, 3.05) is 33.3 Å². The summed E-state index contributed by atoms with van der Waals surface area (Å²) in [7, 11) is 1.72. The Bertz CT molecular complexity index is 1140. The van der Waals surface area contributed by atoms with E-state index in [1.807, 2.05) is 36.9 Å². The predicted octanol–water partition coefficient (Wildman–Crippen LogP) is 5.86. The summed E-state index contributed by atoms with van der Waals surface area (Å²) in [6, 6.07) is 28.2. The molecule has 3 atom stereocenters. The van der Waals surface area contributed by atoms with E-state index in [-0.39, 0.29) is 11.9 Å². The van der Waals surface area contributed by atoms with Crippen LogP contribution in [0.25, 0.3) is 0 Å². The molecular weight excluding hydrogens is 458 g/mol. The number of carbonyl (C=O) groups excluding carboxylic acids is 1. The summed E-state index contributed by atoms with van der Waals surface area (Å²) in [6.45, 7) is 13.0. The maximum atomic E-state index is 12.9. The minimum atomic E-state index is 0.0732. The van der Waals surface area contributed by atoms with Crippen molar-refractivity contribution in [2.45, 2.75) is 52.4 Å². The monoisotopic (exact) mass is 499 g/mol. The van der Waals surface area contributed by atoms with Crippen LogP contribution in [0.5, 0.6) is 5.75 Å². The number of piperazine rings is 1. The van der Waals surface area contributed by atoms with Gasteiger partial charge in [0.1, 0.15) is 5.75 Å². The number of rotatable bonds is 9. The van der Waals surface area contributed by atoms with Gasteiger partial charge in [0.25, 0.3) is 5.91 Å². The molecule has 37 heavy (non-hydrogen) atoms. The van der Waals surface area contributed by atoms with Gasteiger partial charge >= 0.3 is 0 Å². The summed E-state index contributed by atoms with van der Waals surface area (Å²) in [5, 5.41) is 0. The Kier molecular flexibility index (Phi) is 9.01. The second-order valence-corrected chi connectivity index (χ2v) is 10.1. The Balaban J connectivity index is 1.63. The van der Waals surface area contributed by atoms with Gasteiger partial charge in [-0.3, -0.25) is 14.6 Å². The molecule has 0 unspecified atom stereocenters. The molecule has 0 aromatic heterocycles. The normalized spacial score (nSPS) is 19.4. The van der Waals surface area contributed by atoms with Crippen molar-refractivity contribution in [1.29, 1.82) is 0 Å².